The number of hydrogen-bond acceptors (Lipinski definition) is 6. The van der Waals surface area contributed by atoms with Gasteiger partial charge in [-0.05, 0) is 56.5 Å². The van der Waals surface area contributed by atoms with Gasteiger partial charge in [0.15, 0.2) is 0 Å². The highest BCUT2D eigenvalue weighted by Gasteiger charge is 2.58. The van der Waals surface area contributed by atoms with Crippen molar-refractivity contribution in [3.05, 3.63) is 113 Å². The molecule has 2 fully saturated rings. The summed E-state index contributed by atoms with van der Waals surface area (Å²) < 4.78 is 51.2. The molecule has 0 aliphatic carbocycles. The lowest BCUT2D eigenvalue weighted by atomic mass is 9.87. The van der Waals surface area contributed by atoms with Crippen LogP contribution in [0.15, 0.2) is 91.0 Å². The molecule has 2 aliphatic rings. The van der Waals surface area contributed by atoms with Gasteiger partial charge in [-0.1, -0.05) is 84.9 Å². The summed E-state index contributed by atoms with van der Waals surface area (Å²) in [6.45, 7) is 6.51. The van der Waals surface area contributed by atoms with E-state index in [-0.39, 0.29) is 12.2 Å². The molecule has 2 heterocycles. The highest BCUT2D eigenvalue weighted by atomic mass is 19.4. The molecule has 3 aromatic carbocycles. The summed E-state index contributed by atoms with van der Waals surface area (Å²) in [6.07, 6.45) is -2.38. The molecule has 49 heavy (non-hydrogen) atoms. The lowest BCUT2D eigenvalue weighted by molar-refractivity contribution is -0.168. The monoisotopic (exact) mass is 677 g/mol. The smallest absolute Gasteiger partial charge is 0.416 e. The lowest BCUT2D eigenvalue weighted by Crippen LogP contribution is -2.74. The Morgan fingerprint density at radius 1 is 0.980 bits per heavy atom. The van der Waals surface area contributed by atoms with E-state index in [9.17, 15) is 32.3 Å². The third kappa shape index (κ3) is 8.13. The Morgan fingerprint density at radius 2 is 1.63 bits per heavy atom. The summed E-state index contributed by atoms with van der Waals surface area (Å²) in [5.74, 6) is -2.13. The number of amides is 3. The van der Waals surface area contributed by atoms with Crippen LogP contribution in [0.3, 0.4) is 0 Å². The summed E-state index contributed by atoms with van der Waals surface area (Å²) in [4.78, 5) is 57.2. The van der Waals surface area contributed by atoms with Crippen LogP contribution in [-0.4, -0.2) is 64.0 Å². The van der Waals surface area contributed by atoms with Gasteiger partial charge in [0.1, 0.15) is 24.3 Å². The van der Waals surface area contributed by atoms with Crippen molar-refractivity contribution in [2.75, 3.05) is 6.61 Å². The van der Waals surface area contributed by atoms with Gasteiger partial charge in [-0.3, -0.25) is 19.3 Å². The standard InChI is InChI=1S/C37H38F3N3O6/c1-23(26-16-11-17-27(20-26)37(38,39)40)41-33(45)29(21-31(44)49-36(2,3)4)42-28(19-18-24-12-7-5-8-13-24)32(34(42)46)43-30(22-48-35(43)47)25-14-9-6-10-15-25/h5-20,23,28-30,32H,21-22H2,1-4H3,(H,41,45)/t23-,28?,29?,30+,32?/m0/s1. The molecular weight excluding hydrogens is 639 g/mol. The number of likely N-dealkylation sites (tertiary alicyclic amines) is 1. The number of benzene rings is 3. The maximum atomic E-state index is 14.2. The number of β-lactam (4-membered cyclic amide) rings is 1. The van der Waals surface area contributed by atoms with Crippen LogP contribution >= 0.6 is 0 Å². The molecule has 0 radical (unpaired) electrons. The molecule has 3 aromatic rings. The lowest BCUT2D eigenvalue weighted by Gasteiger charge is -2.52. The molecule has 12 heteroatoms. The first-order chi connectivity index (χ1) is 23.1. The Hall–Kier alpha value is -5.13. The normalized spacial score (nSPS) is 20.8. The zero-order valence-corrected chi connectivity index (χ0v) is 27.5. The number of carbonyl (C=O) groups excluding carboxylic acids is 4. The number of hydrogen-bond donors (Lipinski definition) is 1. The summed E-state index contributed by atoms with van der Waals surface area (Å²) in [6, 6.07) is 17.9. The molecule has 5 rings (SSSR count). The Balaban J connectivity index is 1.50. The summed E-state index contributed by atoms with van der Waals surface area (Å²) >= 11 is 0. The molecule has 1 N–H and O–H groups in total. The average molecular weight is 678 g/mol. The molecular formula is C37H38F3N3O6. The van der Waals surface area contributed by atoms with E-state index in [0.717, 1.165) is 23.3 Å². The number of cyclic esters (lactones) is 1. The van der Waals surface area contributed by atoms with Gasteiger partial charge in [-0.15, -0.1) is 0 Å². The molecule has 258 valence electrons. The minimum Gasteiger partial charge on any atom is -0.460 e. The van der Waals surface area contributed by atoms with Crippen LogP contribution in [-0.2, 0) is 30.0 Å². The fraction of sp³-hybridized carbons (Fsp3) is 0.351. The molecule has 2 aliphatic heterocycles. The highest BCUT2D eigenvalue weighted by Crippen LogP contribution is 2.39. The van der Waals surface area contributed by atoms with Crippen LogP contribution in [0.25, 0.3) is 6.08 Å². The van der Waals surface area contributed by atoms with Crippen molar-refractivity contribution in [2.45, 2.75) is 76.1 Å². The minimum atomic E-state index is -4.59. The minimum absolute atomic E-state index is 0.0120. The number of carbonyl (C=O) groups is 4. The SMILES string of the molecule is C[C@H](NC(=O)C(CC(=O)OC(C)(C)C)N1C(=O)C(N2C(=O)OC[C@@H]2c2ccccc2)C1C=Cc1ccccc1)c1cccc(C(F)(F)F)c1. The number of halogens is 3. The van der Waals surface area contributed by atoms with Crippen LogP contribution in [0.5, 0.6) is 0 Å². The maximum absolute atomic E-state index is 14.2. The summed E-state index contributed by atoms with van der Waals surface area (Å²) in [7, 11) is 0. The third-order valence-electron chi connectivity index (χ3n) is 8.32. The van der Waals surface area contributed by atoms with E-state index in [2.05, 4.69) is 5.32 Å². The Morgan fingerprint density at radius 3 is 2.27 bits per heavy atom. The first kappa shape index (κ1) is 35.2. The van der Waals surface area contributed by atoms with E-state index in [0.29, 0.717) is 0 Å². The zero-order chi connectivity index (χ0) is 35.5. The van der Waals surface area contributed by atoms with Crippen LogP contribution in [0.4, 0.5) is 18.0 Å². The van der Waals surface area contributed by atoms with Gasteiger partial charge in [0.25, 0.3) is 0 Å². The van der Waals surface area contributed by atoms with Crippen LogP contribution in [0.1, 0.15) is 68.5 Å². The van der Waals surface area contributed by atoms with Crippen molar-refractivity contribution in [1.29, 1.82) is 0 Å². The fourth-order valence-corrected chi connectivity index (χ4v) is 6.04. The molecule has 2 saturated heterocycles. The predicted molar refractivity (Wildman–Crippen MR) is 175 cm³/mol. The van der Waals surface area contributed by atoms with Gasteiger partial charge < -0.3 is 19.7 Å². The molecule has 3 amide bonds. The van der Waals surface area contributed by atoms with E-state index in [1.54, 1.807) is 32.9 Å². The predicted octanol–water partition coefficient (Wildman–Crippen LogP) is 6.47. The number of esters is 1. The van der Waals surface area contributed by atoms with Crippen molar-refractivity contribution in [3.63, 3.8) is 0 Å². The van der Waals surface area contributed by atoms with E-state index in [1.807, 2.05) is 60.7 Å². The molecule has 0 bridgehead atoms. The Bertz CT molecular complexity index is 1710. The summed E-state index contributed by atoms with van der Waals surface area (Å²) in [5, 5.41) is 2.70. The zero-order valence-electron chi connectivity index (χ0n) is 27.5. The average Bonchev–Trinajstić information content (AvgIpc) is 3.42. The second-order valence-corrected chi connectivity index (χ2v) is 13.0. The highest BCUT2D eigenvalue weighted by molar-refractivity contribution is 5.99. The number of alkyl halides is 3. The van der Waals surface area contributed by atoms with Gasteiger partial charge in [0, 0.05) is 0 Å². The molecule has 0 spiro atoms. The van der Waals surface area contributed by atoms with E-state index in [1.165, 1.54) is 28.9 Å². The number of ether oxygens (including phenoxy) is 2. The number of rotatable bonds is 10. The molecule has 0 aromatic heterocycles. The van der Waals surface area contributed by atoms with Gasteiger partial charge in [-0.25, -0.2) is 4.79 Å². The van der Waals surface area contributed by atoms with Crippen molar-refractivity contribution >= 4 is 30.0 Å². The van der Waals surface area contributed by atoms with E-state index >= 15 is 0 Å². The molecule has 0 saturated carbocycles. The third-order valence-corrected chi connectivity index (χ3v) is 8.32. The quantitative estimate of drug-likeness (QED) is 0.195. The second-order valence-electron chi connectivity index (χ2n) is 13.0. The number of nitrogens with zero attached hydrogens (tertiary/aromatic N) is 2. The maximum Gasteiger partial charge on any atom is 0.416 e. The van der Waals surface area contributed by atoms with Crippen LogP contribution in [0.2, 0.25) is 0 Å². The van der Waals surface area contributed by atoms with Gasteiger partial charge in [0.05, 0.1) is 30.1 Å². The summed E-state index contributed by atoms with van der Waals surface area (Å²) in [5.41, 5.74) is -0.0645. The van der Waals surface area contributed by atoms with Crippen molar-refractivity contribution in [1.82, 2.24) is 15.1 Å². The van der Waals surface area contributed by atoms with Crippen molar-refractivity contribution in [3.8, 4) is 0 Å². The first-order valence-corrected chi connectivity index (χ1v) is 15.9. The Kier molecular flexibility index (Phi) is 10.2. The van der Waals surface area contributed by atoms with Crippen molar-refractivity contribution < 1.29 is 41.8 Å². The van der Waals surface area contributed by atoms with E-state index in [4.69, 9.17) is 9.47 Å². The number of nitrogens with one attached hydrogen (secondary N) is 1. The first-order valence-electron chi connectivity index (χ1n) is 15.9. The fourth-order valence-electron chi connectivity index (χ4n) is 6.04. The molecule has 5 atom stereocenters. The second kappa shape index (κ2) is 14.2. The Labute approximate surface area is 282 Å². The van der Waals surface area contributed by atoms with Crippen LogP contribution in [0, 0.1) is 0 Å². The molecule has 9 nitrogen and oxygen atoms in total. The van der Waals surface area contributed by atoms with Crippen molar-refractivity contribution in [2.24, 2.45) is 0 Å². The van der Waals surface area contributed by atoms with Crippen LogP contribution < -0.4 is 5.32 Å². The largest absolute Gasteiger partial charge is 0.460 e. The van der Waals surface area contributed by atoms with Gasteiger partial charge in [-0.2, -0.15) is 13.2 Å². The van der Waals surface area contributed by atoms with Gasteiger partial charge in [0.2, 0.25) is 11.8 Å². The molecule has 3 unspecified atom stereocenters. The topological polar surface area (TPSA) is 105 Å². The van der Waals surface area contributed by atoms with E-state index < -0.39 is 77.8 Å². The van der Waals surface area contributed by atoms with Gasteiger partial charge >= 0.3 is 18.2 Å².